The molecule has 100 valence electrons. The molecule has 0 amide bonds. The first-order chi connectivity index (χ1) is 9.28. The maximum atomic E-state index is 8.88. The van der Waals surface area contributed by atoms with Gasteiger partial charge < -0.3 is 10.1 Å². The van der Waals surface area contributed by atoms with E-state index in [1.165, 1.54) is 19.3 Å². The molecule has 0 bridgehead atoms. The molecule has 4 heteroatoms. The van der Waals surface area contributed by atoms with Gasteiger partial charge in [-0.1, -0.05) is 12.5 Å². The number of aromatic nitrogens is 1. The normalized spacial score (nSPS) is 27.2. The van der Waals surface area contributed by atoms with Crippen molar-refractivity contribution in [2.24, 2.45) is 5.41 Å². The second kappa shape index (κ2) is 4.82. The monoisotopic (exact) mass is 257 g/mol. The van der Waals surface area contributed by atoms with Gasteiger partial charge in [-0.25, -0.2) is 4.98 Å². The maximum absolute atomic E-state index is 8.88. The van der Waals surface area contributed by atoms with Crippen LogP contribution < -0.4 is 5.32 Å². The van der Waals surface area contributed by atoms with Crippen LogP contribution in [0.25, 0.3) is 0 Å². The number of nitrogens with one attached hydrogen (secondary N) is 1. The van der Waals surface area contributed by atoms with Crippen LogP contribution in [0.3, 0.4) is 0 Å². The fourth-order valence-corrected chi connectivity index (χ4v) is 3.40. The highest BCUT2D eigenvalue weighted by molar-refractivity contribution is 5.41. The molecule has 2 unspecified atom stereocenters. The van der Waals surface area contributed by atoms with Crippen LogP contribution in [-0.4, -0.2) is 23.7 Å². The smallest absolute Gasteiger partial charge is 0.142 e. The van der Waals surface area contributed by atoms with Crippen LogP contribution in [0.2, 0.25) is 0 Å². The highest BCUT2D eigenvalue weighted by atomic mass is 16.5. The third kappa shape index (κ3) is 1.98. The number of hydrogen-bond donors (Lipinski definition) is 1. The summed E-state index contributed by atoms with van der Waals surface area (Å²) in [7, 11) is 0. The Labute approximate surface area is 113 Å². The van der Waals surface area contributed by atoms with Crippen LogP contribution in [0.4, 0.5) is 5.82 Å². The fourth-order valence-electron chi connectivity index (χ4n) is 3.40. The minimum atomic E-state index is 0.320. The first-order valence-corrected chi connectivity index (χ1v) is 7.04. The van der Waals surface area contributed by atoms with Crippen LogP contribution in [0.1, 0.15) is 38.3 Å². The molecule has 1 N–H and O–H groups in total. The Hall–Kier alpha value is -1.60. The predicted octanol–water partition coefficient (Wildman–Crippen LogP) is 2.71. The van der Waals surface area contributed by atoms with Crippen LogP contribution in [0.5, 0.6) is 0 Å². The molecule has 1 aromatic heterocycles. The van der Waals surface area contributed by atoms with Crippen LogP contribution in [0.15, 0.2) is 18.2 Å². The first-order valence-electron chi connectivity index (χ1n) is 7.04. The molecule has 2 aliphatic rings. The van der Waals surface area contributed by atoms with Crippen LogP contribution >= 0.6 is 0 Å². The number of hydrogen-bond acceptors (Lipinski definition) is 4. The summed E-state index contributed by atoms with van der Waals surface area (Å²) in [4.78, 5) is 4.29. The van der Waals surface area contributed by atoms with Gasteiger partial charge in [-0.3, -0.25) is 0 Å². The van der Waals surface area contributed by atoms with Gasteiger partial charge in [0.1, 0.15) is 17.6 Å². The van der Waals surface area contributed by atoms with Gasteiger partial charge in [0.05, 0.1) is 6.10 Å². The third-order valence-corrected chi connectivity index (χ3v) is 4.62. The van der Waals surface area contributed by atoms with Gasteiger partial charge in [-0.2, -0.15) is 5.26 Å². The minimum Gasteiger partial charge on any atom is -0.378 e. The zero-order chi connectivity index (χ0) is 13.3. The number of nitriles is 1. The number of pyridine rings is 1. The summed E-state index contributed by atoms with van der Waals surface area (Å²) in [5.74, 6) is 0.810. The molecular formula is C15H19N3O. The third-order valence-electron chi connectivity index (χ3n) is 4.62. The van der Waals surface area contributed by atoms with E-state index in [9.17, 15) is 0 Å². The molecule has 1 aromatic rings. The van der Waals surface area contributed by atoms with Crippen LogP contribution in [0, 0.1) is 16.7 Å². The van der Waals surface area contributed by atoms with Crippen molar-refractivity contribution >= 4 is 5.82 Å². The van der Waals surface area contributed by atoms with E-state index >= 15 is 0 Å². The molecule has 2 fully saturated rings. The Morgan fingerprint density at radius 1 is 1.53 bits per heavy atom. The van der Waals surface area contributed by atoms with Crippen molar-refractivity contribution in [3.63, 3.8) is 0 Å². The zero-order valence-corrected chi connectivity index (χ0v) is 11.2. The van der Waals surface area contributed by atoms with Gasteiger partial charge in [0.15, 0.2) is 0 Å². The topological polar surface area (TPSA) is 57.9 Å². The van der Waals surface area contributed by atoms with Gasteiger partial charge >= 0.3 is 0 Å². The Bertz CT molecular complexity index is 504. The van der Waals surface area contributed by atoms with E-state index in [0.717, 1.165) is 18.8 Å². The maximum Gasteiger partial charge on any atom is 0.142 e. The zero-order valence-electron chi connectivity index (χ0n) is 11.2. The molecule has 0 aliphatic heterocycles. The summed E-state index contributed by atoms with van der Waals surface area (Å²) >= 11 is 0. The quantitative estimate of drug-likeness (QED) is 0.901. The Balaban J connectivity index is 1.69. The van der Waals surface area contributed by atoms with Crippen molar-refractivity contribution in [2.45, 2.75) is 44.8 Å². The van der Waals surface area contributed by atoms with E-state index in [1.54, 1.807) is 6.07 Å². The Kier molecular flexibility index (Phi) is 3.16. The summed E-state index contributed by atoms with van der Waals surface area (Å²) in [6, 6.07) is 8.06. The second-order valence-electron chi connectivity index (χ2n) is 5.48. The summed E-state index contributed by atoms with van der Waals surface area (Å²) in [5.41, 5.74) is 0.786. The molecule has 19 heavy (non-hydrogen) atoms. The molecule has 2 aliphatic carbocycles. The van der Waals surface area contributed by atoms with Gasteiger partial charge in [-0.05, 0) is 38.3 Å². The molecule has 4 nitrogen and oxygen atoms in total. The number of rotatable bonds is 4. The average Bonchev–Trinajstić information content (AvgIpc) is 2.36. The van der Waals surface area contributed by atoms with E-state index in [1.807, 2.05) is 12.1 Å². The van der Waals surface area contributed by atoms with Gasteiger partial charge in [-0.15, -0.1) is 0 Å². The molecule has 3 rings (SSSR count). The average molecular weight is 257 g/mol. The first kappa shape index (κ1) is 12.4. The van der Waals surface area contributed by atoms with Crippen molar-refractivity contribution in [1.82, 2.24) is 4.98 Å². The van der Waals surface area contributed by atoms with E-state index in [-0.39, 0.29) is 0 Å². The number of ether oxygens (including phenoxy) is 1. The lowest BCUT2D eigenvalue weighted by atomic mass is 9.51. The Morgan fingerprint density at radius 3 is 3.00 bits per heavy atom. The lowest BCUT2D eigenvalue weighted by Gasteiger charge is -2.61. The lowest BCUT2D eigenvalue weighted by Crippen LogP contribution is -2.64. The second-order valence-corrected chi connectivity index (χ2v) is 5.48. The van der Waals surface area contributed by atoms with E-state index in [4.69, 9.17) is 10.00 Å². The molecule has 0 aromatic carbocycles. The van der Waals surface area contributed by atoms with Gasteiger partial charge in [0, 0.05) is 18.1 Å². The van der Waals surface area contributed by atoms with E-state index in [2.05, 4.69) is 23.3 Å². The summed E-state index contributed by atoms with van der Waals surface area (Å²) in [6.45, 7) is 2.85. The van der Waals surface area contributed by atoms with Crippen molar-refractivity contribution in [3.05, 3.63) is 23.9 Å². The molecular weight excluding hydrogens is 238 g/mol. The molecule has 2 atom stereocenters. The van der Waals surface area contributed by atoms with Gasteiger partial charge in [0.2, 0.25) is 0 Å². The Morgan fingerprint density at radius 2 is 2.37 bits per heavy atom. The minimum absolute atomic E-state index is 0.320. The van der Waals surface area contributed by atoms with Crippen molar-refractivity contribution < 1.29 is 4.74 Å². The molecule has 0 radical (unpaired) electrons. The van der Waals surface area contributed by atoms with Crippen molar-refractivity contribution in [3.8, 4) is 6.07 Å². The lowest BCUT2D eigenvalue weighted by molar-refractivity contribution is -0.157. The molecule has 2 saturated carbocycles. The largest absolute Gasteiger partial charge is 0.378 e. The SMILES string of the molecule is CCOC1CC(Nc2cccc(C#N)n2)C12CCC2. The van der Waals surface area contributed by atoms with Crippen LogP contribution in [-0.2, 0) is 4.74 Å². The number of nitrogens with zero attached hydrogens (tertiary/aromatic N) is 2. The number of anilines is 1. The highest BCUT2D eigenvalue weighted by Gasteiger charge is 2.58. The summed E-state index contributed by atoms with van der Waals surface area (Å²) in [5, 5.41) is 12.4. The molecule has 1 heterocycles. The fraction of sp³-hybridized carbons (Fsp3) is 0.600. The van der Waals surface area contributed by atoms with Crippen molar-refractivity contribution in [1.29, 1.82) is 5.26 Å². The summed E-state index contributed by atoms with van der Waals surface area (Å²) in [6.07, 6.45) is 5.24. The molecule has 0 saturated heterocycles. The van der Waals surface area contributed by atoms with E-state index < -0.39 is 0 Å². The van der Waals surface area contributed by atoms with Gasteiger partial charge in [0.25, 0.3) is 0 Å². The summed E-state index contributed by atoms with van der Waals surface area (Å²) < 4.78 is 5.84. The van der Waals surface area contributed by atoms with Crippen molar-refractivity contribution in [2.75, 3.05) is 11.9 Å². The predicted molar refractivity (Wildman–Crippen MR) is 72.7 cm³/mol. The highest BCUT2D eigenvalue weighted by Crippen LogP contribution is 2.58. The van der Waals surface area contributed by atoms with E-state index in [0.29, 0.717) is 23.3 Å². The molecule has 1 spiro atoms. The standard InChI is InChI=1S/C15H19N3O/c1-2-19-13-9-12(15(13)7-4-8-15)18-14-6-3-5-11(10-16)17-14/h3,5-6,12-13H,2,4,7-9H2,1H3,(H,17,18).